The SMILES string of the molecule is Cc1nc(CCN2CCC(Oc3cncc(Cl)c3)CC2)cs1. The molecule has 22 heavy (non-hydrogen) atoms. The molecule has 2 aromatic rings. The van der Waals surface area contributed by atoms with Crippen LogP contribution in [0.15, 0.2) is 23.8 Å². The van der Waals surface area contributed by atoms with Crippen molar-refractivity contribution < 1.29 is 4.74 Å². The van der Waals surface area contributed by atoms with Gasteiger partial charge in [0.2, 0.25) is 0 Å². The molecule has 0 aliphatic carbocycles. The van der Waals surface area contributed by atoms with E-state index in [2.05, 4.69) is 27.2 Å². The van der Waals surface area contributed by atoms with Gasteiger partial charge in [0.05, 0.1) is 21.9 Å². The van der Waals surface area contributed by atoms with E-state index in [1.807, 2.05) is 6.07 Å². The number of nitrogens with zero attached hydrogens (tertiary/aromatic N) is 3. The van der Waals surface area contributed by atoms with Crippen LogP contribution >= 0.6 is 22.9 Å². The zero-order valence-electron chi connectivity index (χ0n) is 12.7. The normalized spacial score (nSPS) is 16.8. The van der Waals surface area contributed by atoms with Crippen molar-refractivity contribution >= 4 is 22.9 Å². The average molecular weight is 338 g/mol. The molecule has 1 saturated heterocycles. The molecule has 4 nitrogen and oxygen atoms in total. The van der Waals surface area contributed by atoms with Gasteiger partial charge in [0.15, 0.2) is 0 Å². The highest BCUT2D eigenvalue weighted by Gasteiger charge is 2.20. The molecule has 1 fully saturated rings. The van der Waals surface area contributed by atoms with Gasteiger partial charge in [-0.15, -0.1) is 11.3 Å². The second-order valence-corrected chi connectivity index (χ2v) is 7.10. The first-order valence-electron chi connectivity index (χ1n) is 7.59. The fourth-order valence-electron chi connectivity index (χ4n) is 2.70. The molecule has 0 saturated carbocycles. The number of pyridine rings is 1. The van der Waals surface area contributed by atoms with Crippen LogP contribution in [0.5, 0.6) is 5.75 Å². The molecule has 3 rings (SSSR count). The van der Waals surface area contributed by atoms with Crippen LogP contribution in [0, 0.1) is 6.92 Å². The van der Waals surface area contributed by atoms with Crippen LogP contribution in [-0.4, -0.2) is 40.6 Å². The molecule has 0 radical (unpaired) electrons. The van der Waals surface area contributed by atoms with Crippen LogP contribution in [-0.2, 0) is 6.42 Å². The summed E-state index contributed by atoms with van der Waals surface area (Å²) in [5.41, 5.74) is 1.21. The van der Waals surface area contributed by atoms with Crippen LogP contribution in [0.1, 0.15) is 23.5 Å². The van der Waals surface area contributed by atoms with Crippen LogP contribution in [0.25, 0.3) is 0 Å². The molecule has 0 atom stereocenters. The highest BCUT2D eigenvalue weighted by molar-refractivity contribution is 7.09. The zero-order chi connectivity index (χ0) is 15.4. The fourth-order valence-corrected chi connectivity index (χ4v) is 3.51. The largest absolute Gasteiger partial charge is 0.489 e. The molecule has 0 aromatic carbocycles. The maximum Gasteiger partial charge on any atom is 0.139 e. The molecular weight excluding hydrogens is 318 g/mol. The van der Waals surface area contributed by atoms with E-state index in [9.17, 15) is 0 Å². The van der Waals surface area contributed by atoms with Crippen LogP contribution in [0.4, 0.5) is 0 Å². The number of thiazole rings is 1. The lowest BCUT2D eigenvalue weighted by Gasteiger charge is -2.31. The van der Waals surface area contributed by atoms with Crippen LogP contribution in [0.3, 0.4) is 0 Å². The second-order valence-electron chi connectivity index (χ2n) is 5.61. The van der Waals surface area contributed by atoms with Gasteiger partial charge in [-0.25, -0.2) is 4.98 Å². The smallest absolute Gasteiger partial charge is 0.139 e. The predicted molar refractivity (Wildman–Crippen MR) is 89.9 cm³/mol. The van der Waals surface area contributed by atoms with Crippen LogP contribution < -0.4 is 4.74 Å². The third kappa shape index (κ3) is 4.41. The number of aryl methyl sites for hydroxylation is 1. The standard InChI is InChI=1S/C16H20ClN3OS/c1-12-19-14(11-22-12)2-5-20-6-3-15(4-7-20)21-16-8-13(17)9-18-10-16/h8-11,15H,2-7H2,1H3. The summed E-state index contributed by atoms with van der Waals surface area (Å²) in [5, 5.41) is 3.93. The number of aromatic nitrogens is 2. The summed E-state index contributed by atoms with van der Waals surface area (Å²) in [6.07, 6.45) is 6.73. The minimum atomic E-state index is 0.262. The lowest BCUT2D eigenvalue weighted by Crippen LogP contribution is -2.39. The minimum absolute atomic E-state index is 0.262. The van der Waals surface area contributed by atoms with Crippen molar-refractivity contribution in [3.63, 3.8) is 0 Å². The summed E-state index contributed by atoms with van der Waals surface area (Å²) in [6.45, 7) is 5.28. The molecule has 1 aliphatic rings. The highest BCUT2D eigenvalue weighted by atomic mass is 35.5. The third-order valence-electron chi connectivity index (χ3n) is 3.87. The van der Waals surface area contributed by atoms with E-state index in [0.29, 0.717) is 5.02 Å². The Morgan fingerprint density at radius 3 is 2.86 bits per heavy atom. The summed E-state index contributed by atoms with van der Waals surface area (Å²) in [7, 11) is 0. The minimum Gasteiger partial charge on any atom is -0.489 e. The molecule has 6 heteroatoms. The van der Waals surface area contributed by atoms with Gasteiger partial charge in [0.25, 0.3) is 0 Å². The number of hydrogen-bond donors (Lipinski definition) is 0. The monoisotopic (exact) mass is 337 g/mol. The topological polar surface area (TPSA) is 38.2 Å². The van der Waals surface area contributed by atoms with Crippen molar-refractivity contribution in [3.8, 4) is 5.75 Å². The van der Waals surface area contributed by atoms with E-state index in [1.165, 1.54) is 5.69 Å². The molecule has 0 bridgehead atoms. The Morgan fingerprint density at radius 2 is 2.18 bits per heavy atom. The molecule has 0 N–H and O–H groups in total. The summed E-state index contributed by atoms with van der Waals surface area (Å²) in [5.74, 6) is 0.767. The molecule has 0 amide bonds. The van der Waals surface area contributed by atoms with E-state index in [4.69, 9.17) is 16.3 Å². The Balaban J connectivity index is 1.42. The summed E-state index contributed by atoms with van der Waals surface area (Å²) in [6, 6.07) is 1.82. The first-order valence-corrected chi connectivity index (χ1v) is 8.85. The van der Waals surface area contributed by atoms with Gasteiger partial charge in [-0.1, -0.05) is 11.6 Å². The summed E-state index contributed by atoms with van der Waals surface area (Å²) >= 11 is 7.66. The van der Waals surface area contributed by atoms with Gasteiger partial charge < -0.3 is 9.64 Å². The first kappa shape index (κ1) is 15.7. The molecule has 2 aromatic heterocycles. The maximum absolute atomic E-state index is 5.97. The Hall–Kier alpha value is -1.17. The number of likely N-dealkylation sites (tertiary alicyclic amines) is 1. The quantitative estimate of drug-likeness (QED) is 0.835. The van der Waals surface area contributed by atoms with E-state index >= 15 is 0 Å². The van der Waals surface area contributed by atoms with Gasteiger partial charge in [-0.05, 0) is 19.8 Å². The van der Waals surface area contributed by atoms with Crippen molar-refractivity contribution in [2.75, 3.05) is 19.6 Å². The highest BCUT2D eigenvalue weighted by Crippen LogP contribution is 2.21. The van der Waals surface area contributed by atoms with E-state index in [-0.39, 0.29) is 6.10 Å². The number of hydrogen-bond acceptors (Lipinski definition) is 5. The molecule has 0 unspecified atom stereocenters. The molecular formula is C16H20ClN3OS. The van der Waals surface area contributed by atoms with Crippen LogP contribution in [0.2, 0.25) is 5.02 Å². The van der Waals surface area contributed by atoms with Crippen molar-refractivity contribution in [1.29, 1.82) is 0 Å². The Morgan fingerprint density at radius 1 is 1.36 bits per heavy atom. The molecule has 118 valence electrons. The Labute approximate surface area is 140 Å². The fraction of sp³-hybridized carbons (Fsp3) is 0.500. The molecule has 0 spiro atoms. The number of ether oxygens (including phenoxy) is 1. The lowest BCUT2D eigenvalue weighted by molar-refractivity contribution is 0.101. The second kappa shape index (κ2) is 7.40. The van der Waals surface area contributed by atoms with Crippen molar-refractivity contribution in [1.82, 2.24) is 14.9 Å². The number of rotatable bonds is 5. The van der Waals surface area contributed by atoms with Gasteiger partial charge in [0, 0.05) is 43.7 Å². The summed E-state index contributed by atoms with van der Waals surface area (Å²) < 4.78 is 5.97. The van der Waals surface area contributed by atoms with Crippen molar-refractivity contribution in [3.05, 3.63) is 39.6 Å². The average Bonchev–Trinajstić information content (AvgIpc) is 2.92. The third-order valence-corrected chi connectivity index (χ3v) is 4.90. The Kier molecular flexibility index (Phi) is 5.28. The van der Waals surface area contributed by atoms with E-state index < -0.39 is 0 Å². The lowest BCUT2D eigenvalue weighted by atomic mass is 10.1. The zero-order valence-corrected chi connectivity index (χ0v) is 14.2. The molecule has 1 aliphatic heterocycles. The first-order chi connectivity index (χ1) is 10.7. The van der Waals surface area contributed by atoms with E-state index in [1.54, 1.807) is 23.7 Å². The number of piperidine rings is 1. The Bertz CT molecular complexity index is 611. The van der Waals surface area contributed by atoms with Gasteiger partial charge in [-0.2, -0.15) is 0 Å². The van der Waals surface area contributed by atoms with Crippen molar-refractivity contribution in [2.24, 2.45) is 0 Å². The van der Waals surface area contributed by atoms with Gasteiger partial charge in [0.1, 0.15) is 11.9 Å². The molecule has 3 heterocycles. The van der Waals surface area contributed by atoms with E-state index in [0.717, 1.165) is 49.7 Å². The summed E-state index contributed by atoms with van der Waals surface area (Å²) in [4.78, 5) is 11.1. The number of halogens is 1. The maximum atomic E-state index is 5.97. The van der Waals surface area contributed by atoms with Gasteiger partial charge in [-0.3, -0.25) is 4.98 Å². The predicted octanol–water partition coefficient (Wildman–Crippen LogP) is 3.59. The van der Waals surface area contributed by atoms with Gasteiger partial charge >= 0.3 is 0 Å². The van der Waals surface area contributed by atoms with Crippen molar-refractivity contribution in [2.45, 2.75) is 32.3 Å².